The number of ether oxygens (including phenoxy) is 10. The van der Waals surface area contributed by atoms with E-state index in [0.717, 1.165) is 13.0 Å². The van der Waals surface area contributed by atoms with Crippen LogP contribution in [0.25, 0.3) is 0 Å². The number of aliphatic hydroxyl groups is 1. The minimum atomic E-state index is -0.0357. The Morgan fingerprint density at radius 3 is 1.04 bits per heavy atom. The zero-order chi connectivity index (χ0) is 36.6. The lowest BCUT2D eigenvalue weighted by molar-refractivity contribution is -0.0951. The summed E-state index contributed by atoms with van der Waals surface area (Å²) in [6, 6.07) is 0. The summed E-state index contributed by atoms with van der Waals surface area (Å²) < 4.78 is 56.3. The molecule has 0 aromatic carbocycles. The van der Waals surface area contributed by atoms with Crippen LogP contribution >= 0.6 is 0 Å². The van der Waals surface area contributed by atoms with E-state index < -0.39 is 0 Å². The quantitative estimate of drug-likeness (QED) is 0.0671. The Hall–Kier alpha value is -0.440. The van der Waals surface area contributed by atoms with Gasteiger partial charge in [-0.05, 0) is 34.1 Å². The van der Waals surface area contributed by atoms with Crippen molar-refractivity contribution in [2.75, 3.05) is 112 Å². The van der Waals surface area contributed by atoms with Crippen LogP contribution in [0.15, 0.2) is 0 Å². The minimum absolute atomic E-state index is 0.0130. The van der Waals surface area contributed by atoms with Gasteiger partial charge in [0.25, 0.3) is 0 Å². The summed E-state index contributed by atoms with van der Waals surface area (Å²) in [5.74, 6) is 0. The molecule has 0 fully saturated rings. The lowest BCUT2D eigenvalue weighted by Crippen LogP contribution is -2.28. The van der Waals surface area contributed by atoms with E-state index >= 15 is 0 Å². The van der Waals surface area contributed by atoms with Gasteiger partial charge in [-0.1, -0.05) is 84.0 Å². The molecule has 0 bridgehead atoms. The molecular weight excluding hydrogens is 644 g/mol. The Labute approximate surface area is 307 Å². The molecule has 0 saturated carbocycles. The molecule has 0 radical (unpaired) electrons. The van der Waals surface area contributed by atoms with Crippen molar-refractivity contribution in [1.82, 2.24) is 0 Å². The Balaban J connectivity index is 3.44. The number of rotatable bonds is 43. The number of unbranched alkanes of at least 4 members (excludes halogenated alkanes) is 12. The van der Waals surface area contributed by atoms with E-state index in [2.05, 4.69) is 13.8 Å². The number of hydrogen-bond acceptors (Lipinski definition) is 11. The molecule has 11 heteroatoms. The fraction of sp³-hybridized carbons (Fsp3) is 1.00. The SMILES string of the molecule is CCCCCCCCCCCCCCCOCC(C)OCC(C)OCC(C)OCC(C)OCCOCCOCCOCCOCCOCCO. The van der Waals surface area contributed by atoms with Gasteiger partial charge >= 0.3 is 0 Å². The van der Waals surface area contributed by atoms with E-state index in [1.165, 1.54) is 77.0 Å². The first kappa shape index (κ1) is 49.6. The average molecular weight is 725 g/mol. The van der Waals surface area contributed by atoms with E-state index in [0.29, 0.717) is 99.1 Å². The third-order valence-corrected chi connectivity index (χ3v) is 7.94. The minimum Gasteiger partial charge on any atom is -0.394 e. The second-order valence-electron chi connectivity index (χ2n) is 13.2. The summed E-state index contributed by atoms with van der Waals surface area (Å²) in [6.45, 7) is 18.7. The Kier molecular flexibility index (Phi) is 41.0. The van der Waals surface area contributed by atoms with Crippen LogP contribution in [-0.4, -0.2) is 142 Å². The molecule has 0 aromatic heterocycles. The van der Waals surface area contributed by atoms with Crippen molar-refractivity contribution in [1.29, 1.82) is 0 Å². The smallest absolute Gasteiger partial charge is 0.0781 e. The average Bonchev–Trinajstić information content (AvgIpc) is 3.11. The molecule has 0 aliphatic carbocycles. The molecule has 11 nitrogen and oxygen atoms in total. The van der Waals surface area contributed by atoms with E-state index in [1.807, 2.05) is 20.8 Å². The Morgan fingerprint density at radius 2 is 0.640 bits per heavy atom. The summed E-state index contributed by atoms with van der Waals surface area (Å²) in [4.78, 5) is 0. The van der Waals surface area contributed by atoms with Gasteiger partial charge in [-0.2, -0.15) is 0 Å². The molecule has 4 atom stereocenters. The number of hydrogen-bond donors (Lipinski definition) is 1. The van der Waals surface area contributed by atoms with Crippen LogP contribution in [-0.2, 0) is 47.4 Å². The van der Waals surface area contributed by atoms with Crippen LogP contribution in [0.1, 0.15) is 118 Å². The maximum Gasteiger partial charge on any atom is 0.0781 e. The Morgan fingerprint density at radius 1 is 0.320 bits per heavy atom. The van der Waals surface area contributed by atoms with Crippen molar-refractivity contribution in [2.24, 2.45) is 0 Å². The van der Waals surface area contributed by atoms with Gasteiger partial charge in [0.05, 0.1) is 130 Å². The lowest BCUT2D eigenvalue weighted by Gasteiger charge is -2.21. The third-order valence-electron chi connectivity index (χ3n) is 7.94. The summed E-state index contributed by atoms with van der Waals surface area (Å²) in [5, 5.41) is 8.61. The van der Waals surface area contributed by atoms with E-state index in [1.54, 1.807) is 0 Å². The highest BCUT2D eigenvalue weighted by Gasteiger charge is 2.12. The Bertz CT molecular complexity index is 631. The van der Waals surface area contributed by atoms with Crippen LogP contribution in [0.5, 0.6) is 0 Å². The second kappa shape index (κ2) is 41.3. The van der Waals surface area contributed by atoms with Crippen molar-refractivity contribution in [2.45, 2.75) is 143 Å². The molecule has 0 saturated heterocycles. The molecule has 50 heavy (non-hydrogen) atoms. The fourth-order valence-corrected chi connectivity index (χ4v) is 4.92. The van der Waals surface area contributed by atoms with Crippen LogP contribution in [0.4, 0.5) is 0 Å². The highest BCUT2D eigenvalue weighted by Crippen LogP contribution is 2.12. The molecule has 0 heterocycles. The van der Waals surface area contributed by atoms with E-state index in [9.17, 15) is 0 Å². The molecule has 1 N–H and O–H groups in total. The molecule has 0 aromatic rings. The monoisotopic (exact) mass is 725 g/mol. The predicted octanol–water partition coefficient (Wildman–Crippen LogP) is 6.79. The van der Waals surface area contributed by atoms with E-state index in [4.69, 9.17) is 52.5 Å². The zero-order valence-corrected chi connectivity index (χ0v) is 33.1. The van der Waals surface area contributed by atoms with Crippen molar-refractivity contribution in [3.8, 4) is 0 Å². The summed E-state index contributed by atoms with van der Waals surface area (Å²) in [7, 11) is 0. The van der Waals surface area contributed by atoms with Gasteiger partial charge in [0.15, 0.2) is 0 Å². The van der Waals surface area contributed by atoms with Crippen molar-refractivity contribution in [3.05, 3.63) is 0 Å². The first-order chi connectivity index (χ1) is 24.5. The molecule has 0 rings (SSSR count). The highest BCUT2D eigenvalue weighted by atomic mass is 16.6. The van der Waals surface area contributed by atoms with Gasteiger partial charge in [-0.15, -0.1) is 0 Å². The largest absolute Gasteiger partial charge is 0.394 e. The molecule has 0 amide bonds. The molecule has 0 aliphatic rings. The third kappa shape index (κ3) is 40.3. The van der Waals surface area contributed by atoms with Crippen LogP contribution in [0.3, 0.4) is 0 Å². The summed E-state index contributed by atoms with van der Waals surface area (Å²) in [5.41, 5.74) is 0. The van der Waals surface area contributed by atoms with Crippen LogP contribution in [0, 0.1) is 0 Å². The summed E-state index contributed by atoms with van der Waals surface area (Å²) in [6.07, 6.45) is 17.7. The van der Waals surface area contributed by atoms with E-state index in [-0.39, 0.29) is 31.0 Å². The van der Waals surface area contributed by atoms with Crippen molar-refractivity contribution < 1.29 is 52.5 Å². The van der Waals surface area contributed by atoms with Gasteiger partial charge in [-0.25, -0.2) is 0 Å². The number of aliphatic hydroxyl groups excluding tert-OH is 1. The zero-order valence-electron chi connectivity index (χ0n) is 33.1. The predicted molar refractivity (Wildman–Crippen MR) is 199 cm³/mol. The van der Waals surface area contributed by atoms with Gasteiger partial charge in [-0.3, -0.25) is 0 Å². The van der Waals surface area contributed by atoms with Crippen LogP contribution in [0.2, 0.25) is 0 Å². The van der Waals surface area contributed by atoms with Gasteiger partial charge in [0.2, 0.25) is 0 Å². The maximum absolute atomic E-state index is 8.61. The van der Waals surface area contributed by atoms with Gasteiger partial charge < -0.3 is 52.5 Å². The molecular formula is C39H80O11. The van der Waals surface area contributed by atoms with Gasteiger partial charge in [0.1, 0.15) is 0 Å². The topological polar surface area (TPSA) is 113 Å². The van der Waals surface area contributed by atoms with Crippen molar-refractivity contribution >= 4 is 0 Å². The second-order valence-corrected chi connectivity index (χ2v) is 13.2. The molecule has 302 valence electrons. The maximum atomic E-state index is 8.61. The normalized spacial score (nSPS) is 14.3. The van der Waals surface area contributed by atoms with Gasteiger partial charge in [0, 0.05) is 6.61 Å². The standard InChI is InChI=1S/C39H80O11/c1-6-7-8-9-10-11-12-13-14-15-16-17-18-20-46-32-36(2)48-34-38(4)50-35-39(5)49-33-37(3)47-31-30-45-29-28-44-27-26-43-25-24-42-23-22-41-21-19-40/h36-40H,6-35H2,1-5H3. The van der Waals surface area contributed by atoms with Crippen molar-refractivity contribution in [3.63, 3.8) is 0 Å². The first-order valence-corrected chi connectivity index (χ1v) is 20.0. The summed E-state index contributed by atoms with van der Waals surface area (Å²) >= 11 is 0. The molecule has 0 spiro atoms. The fourth-order valence-electron chi connectivity index (χ4n) is 4.92. The lowest BCUT2D eigenvalue weighted by atomic mass is 10.0. The first-order valence-electron chi connectivity index (χ1n) is 20.0. The molecule has 4 unspecified atom stereocenters. The molecule has 0 aliphatic heterocycles. The highest BCUT2D eigenvalue weighted by molar-refractivity contribution is 4.57. The van der Waals surface area contributed by atoms with Crippen LogP contribution < -0.4 is 0 Å².